The molecule has 0 spiro atoms. The summed E-state index contributed by atoms with van der Waals surface area (Å²) < 4.78 is 0. The second-order valence-corrected chi connectivity index (χ2v) is 5.89. The van der Waals surface area contributed by atoms with Gasteiger partial charge in [0, 0.05) is 18.8 Å². The van der Waals surface area contributed by atoms with Gasteiger partial charge in [-0.15, -0.1) is 0 Å². The van der Waals surface area contributed by atoms with E-state index < -0.39 is 0 Å². The highest BCUT2D eigenvalue weighted by atomic mass is 16.1. The molecule has 2 heterocycles. The SMILES string of the molecule is O=C(Cc1ccncc1)C1(N2CCCC2)CCCC1. The molecule has 0 radical (unpaired) electrons. The Balaban J connectivity index is 1.78. The Bertz CT molecular complexity index is 431. The number of likely N-dealkylation sites (tertiary alicyclic amines) is 1. The van der Waals surface area contributed by atoms with Crippen LogP contribution in [0.15, 0.2) is 24.5 Å². The van der Waals surface area contributed by atoms with Crippen molar-refractivity contribution in [1.82, 2.24) is 9.88 Å². The lowest BCUT2D eigenvalue weighted by atomic mass is 9.86. The topological polar surface area (TPSA) is 33.2 Å². The molecule has 2 fully saturated rings. The van der Waals surface area contributed by atoms with Gasteiger partial charge in [-0.05, 0) is 56.5 Å². The summed E-state index contributed by atoms with van der Waals surface area (Å²) in [7, 11) is 0. The zero-order chi connectivity index (χ0) is 13.1. The highest BCUT2D eigenvalue weighted by molar-refractivity contribution is 5.90. The van der Waals surface area contributed by atoms with Crippen molar-refractivity contribution in [3.8, 4) is 0 Å². The highest BCUT2D eigenvalue weighted by Crippen LogP contribution is 2.38. The van der Waals surface area contributed by atoms with E-state index in [-0.39, 0.29) is 5.54 Å². The first-order valence-corrected chi connectivity index (χ1v) is 7.48. The summed E-state index contributed by atoms with van der Waals surface area (Å²) in [4.78, 5) is 19.4. The van der Waals surface area contributed by atoms with Crippen LogP contribution >= 0.6 is 0 Å². The summed E-state index contributed by atoms with van der Waals surface area (Å²) in [5.41, 5.74) is 0.963. The number of hydrogen-bond acceptors (Lipinski definition) is 3. The maximum absolute atomic E-state index is 12.9. The fraction of sp³-hybridized carbons (Fsp3) is 0.625. The number of rotatable bonds is 4. The number of nitrogens with zero attached hydrogens (tertiary/aromatic N) is 2. The van der Waals surface area contributed by atoms with Crippen molar-refractivity contribution in [3.63, 3.8) is 0 Å². The van der Waals surface area contributed by atoms with Gasteiger partial charge < -0.3 is 0 Å². The van der Waals surface area contributed by atoms with Crippen LogP contribution in [-0.2, 0) is 11.2 Å². The third-order valence-corrected chi connectivity index (χ3v) is 4.78. The molecule has 1 aromatic heterocycles. The zero-order valence-corrected chi connectivity index (χ0v) is 11.5. The van der Waals surface area contributed by atoms with Gasteiger partial charge in [0.2, 0.25) is 0 Å². The van der Waals surface area contributed by atoms with E-state index >= 15 is 0 Å². The number of Topliss-reactive ketones (excluding diaryl/α,β-unsaturated/α-hetero) is 1. The molecule has 3 rings (SSSR count). The van der Waals surface area contributed by atoms with E-state index in [0.717, 1.165) is 31.5 Å². The van der Waals surface area contributed by atoms with Crippen molar-refractivity contribution in [2.75, 3.05) is 13.1 Å². The number of hydrogen-bond donors (Lipinski definition) is 0. The number of carbonyl (C=O) groups excluding carboxylic acids is 1. The minimum absolute atomic E-state index is 0.139. The van der Waals surface area contributed by atoms with E-state index in [0.29, 0.717) is 12.2 Å². The van der Waals surface area contributed by atoms with Gasteiger partial charge in [-0.1, -0.05) is 12.8 Å². The van der Waals surface area contributed by atoms with Gasteiger partial charge in [-0.3, -0.25) is 14.7 Å². The van der Waals surface area contributed by atoms with Crippen LogP contribution < -0.4 is 0 Å². The Morgan fingerprint density at radius 3 is 2.37 bits per heavy atom. The molecule has 0 bridgehead atoms. The van der Waals surface area contributed by atoms with E-state index in [4.69, 9.17) is 0 Å². The average Bonchev–Trinajstić information content (AvgIpc) is 3.12. The largest absolute Gasteiger partial charge is 0.297 e. The Morgan fingerprint density at radius 1 is 1.11 bits per heavy atom. The van der Waals surface area contributed by atoms with E-state index in [9.17, 15) is 4.79 Å². The maximum atomic E-state index is 12.9. The first-order valence-electron chi connectivity index (χ1n) is 7.48. The lowest BCUT2D eigenvalue weighted by Gasteiger charge is -2.37. The van der Waals surface area contributed by atoms with Crippen molar-refractivity contribution >= 4 is 5.78 Å². The second kappa shape index (κ2) is 5.41. The van der Waals surface area contributed by atoms with Crippen molar-refractivity contribution in [3.05, 3.63) is 30.1 Å². The third kappa shape index (κ3) is 2.44. The molecule has 0 aromatic carbocycles. The average molecular weight is 258 g/mol. The summed E-state index contributed by atoms with van der Waals surface area (Å²) in [5.74, 6) is 0.429. The molecule has 1 aliphatic carbocycles. The van der Waals surface area contributed by atoms with E-state index in [1.807, 2.05) is 12.1 Å². The molecule has 1 aromatic rings. The first kappa shape index (κ1) is 12.8. The lowest BCUT2D eigenvalue weighted by Crippen LogP contribution is -2.52. The molecule has 2 aliphatic rings. The lowest BCUT2D eigenvalue weighted by molar-refractivity contribution is -0.129. The summed E-state index contributed by atoms with van der Waals surface area (Å²) in [6.07, 6.45) is 11.2. The minimum Gasteiger partial charge on any atom is -0.297 e. The molecule has 1 aliphatic heterocycles. The van der Waals surface area contributed by atoms with Crippen LogP contribution in [0.3, 0.4) is 0 Å². The van der Waals surface area contributed by atoms with Crippen LogP contribution in [-0.4, -0.2) is 34.3 Å². The Morgan fingerprint density at radius 2 is 1.74 bits per heavy atom. The van der Waals surface area contributed by atoms with Crippen molar-refractivity contribution in [2.24, 2.45) is 0 Å². The van der Waals surface area contributed by atoms with Crippen LogP contribution in [0.25, 0.3) is 0 Å². The summed E-state index contributed by atoms with van der Waals surface area (Å²) in [5, 5.41) is 0. The predicted molar refractivity (Wildman–Crippen MR) is 75.0 cm³/mol. The fourth-order valence-corrected chi connectivity index (χ4v) is 3.73. The molecule has 1 saturated heterocycles. The zero-order valence-electron chi connectivity index (χ0n) is 11.5. The molecule has 0 N–H and O–H groups in total. The molecule has 102 valence electrons. The summed E-state index contributed by atoms with van der Waals surface area (Å²) >= 11 is 0. The standard InChI is InChI=1S/C16H22N2O/c19-15(13-14-5-9-17-10-6-14)16(7-1-2-8-16)18-11-3-4-12-18/h5-6,9-10H,1-4,7-8,11-13H2. The Labute approximate surface area is 115 Å². The van der Waals surface area contributed by atoms with Gasteiger partial charge in [-0.25, -0.2) is 0 Å². The summed E-state index contributed by atoms with van der Waals surface area (Å²) in [6, 6.07) is 3.93. The van der Waals surface area contributed by atoms with Gasteiger partial charge in [-0.2, -0.15) is 0 Å². The quantitative estimate of drug-likeness (QED) is 0.832. The van der Waals surface area contributed by atoms with E-state index in [1.165, 1.54) is 25.7 Å². The van der Waals surface area contributed by atoms with Gasteiger partial charge in [0.25, 0.3) is 0 Å². The van der Waals surface area contributed by atoms with Crippen LogP contribution in [0.4, 0.5) is 0 Å². The smallest absolute Gasteiger partial charge is 0.157 e. The molecule has 0 amide bonds. The van der Waals surface area contributed by atoms with Crippen LogP contribution in [0.2, 0.25) is 0 Å². The van der Waals surface area contributed by atoms with E-state index in [1.54, 1.807) is 12.4 Å². The van der Waals surface area contributed by atoms with Gasteiger partial charge in [0.1, 0.15) is 0 Å². The molecule has 0 unspecified atom stereocenters. The fourth-order valence-electron chi connectivity index (χ4n) is 3.73. The predicted octanol–water partition coefficient (Wildman–Crippen LogP) is 2.60. The summed E-state index contributed by atoms with van der Waals surface area (Å²) in [6.45, 7) is 2.23. The second-order valence-electron chi connectivity index (χ2n) is 5.89. The Hall–Kier alpha value is -1.22. The number of ketones is 1. The normalized spacial score (nSPS) is 22.7. The van der Waals surface area contributed by atoms with Gasteiger partial charge in [0.15, 0.2) is 5.78 Å². The van der Waals surface area contributed by atoms with Crippen molar-refractivity contribution in [1.29, 1.82) is 0 Å². The molecule has 1 saturated carbocycles. The number of pyridine rings is 1. The van der Waals surface area contributed by atoms with Crippen LogP contribution in [0.1, 0.15) is 44.1 Å². The molecule has 0 atom stereocenters. The Kier molecular flexibility index (Phi) is 3.65. The van der Waals surface area contributed by atoms with E-state index in [2.05, 4.69) is 9.88 Å². The number of aromatic nitrogens is 1. The molecule has 19 heavy (non-hydrogen) atoms. The first-order chi connectivity index (χ1) is 9.31. The molecular formula is C16H22N2O. The molecule has 3 nitrogen and oxygen atoms in total. The van der Waals surface area contributed by atoms with Crippen LogP contribution in [0, 0.1) is 0 Å². The van der Waals surface area contributed by atoms with Gasteiger partial charge >= 0.3 is 0 Å². The van der Waals surface area contributed by atoms with Crippen molar-refractivity contribution in [2.45, 2.75) is 50.5 Å². The van der Waals surface area contributed by atoms with Crippen molar-refractivity contribution < 1.29 is 4.79 Å². The monoisotopic (exact) mass is 258 g/mol. The van der Waals surface area contributed by atoms with Crippen LogP contribution in [0.5, 0.6) is 0 Å². The molecular weight excluding hydrogens is 236 g/mol. The minimum atomic E-state index is -0.139. The third-order valence-electron chi connectivity index (χ3n) is 4.78. The number of carbonyl (C=O) groups is 1. The maximum Gasteiger partial charge on any atom is 0.157 e. The highest BCUT2D eigenvalue weighted by Gasteiger charge is 2.45. The molecule has 3 heteroatoms. The van der Waals surface area contributed by atoms with Gasteiger partial charge in [0.05, 0.1) is 5.54 Å².